The lowest BCUT2D eigenvalue weighted by atomic mass is 10.2. The number of nitrogens with one attached hydrogen (secondary N) is 1. The van der Waals surface area contributed by atoms with Crippen molar-refractivity contribution in [1.29, 1.82) is 0 Å². The average molecular weight is 310 g/mol. The first-order valence-electron chi connectivity index (χ1n) is 5.96. The maximum absolute atomic E-state index is 11.3. The van der Waals surface area contributed by atoms with Gasteiger partial charge in [-0.3, -0.25) is 0 Å². The van der Waals surface area contributed by atoms with Gasteiger partial charge in [-0.2, -0.15) is 0 Å². The first kappa shape index (κ1) is 15.1. The number of aryl methyl sites for hydroxylation is 1. The van der Waals surface area contributed by atoms with Crippen LogP contribution in [0.4, 0.5) is 5.69 Å². The molecule has 0 radical (unpaired) electrons. The van der Waals surface area contributed by atoms with Crippen LogP contribution in [0.1, 0.15) is 21.9 Å². The monoisotopic (exact) mass is 310 g/mol. The van der Waals surface area contributed by atoms with Crippen molar-refractivity contribution in [3.05, 3.63) is 47.4 Å². The van der Waals surface area contributed by atoms with Gasteiger partial charge in [-0.05, 0) is 37.3 Å². The minimum absolute atomic E-state index is 0.176. The van der Waals surface area contributed by atoms with E-state index in [1.54, 1.807) is 19.1 Å². The molecule has 21 heavy (non-hydrogen) atoms. The third-order valence-electron chi connectivity index (χ3n) is 2.80. The average Bonchev–Trinajstić information content (AvgIpc) is 2.80. The molecule has 0 aliphatic carbocycles. The summed E-state index contributed by atoms with van der Waals surface area (Å²) in [5, 5.41) is 17.0. The van der Waals surface area contributed by atoms with E-state index in [9.17, 15) is 13.2 Å². The summed E-state index contributed by atoms with van der Waals surface area (Å²) < 4.78 is 27.9. The van der Waals surface area contributed by atoms with Crippen LogP contribution in [-0.4, -0.2) is 19.5 Å². The van der Waals surface area contributed by atoms with Crippen molar-refractivity contribution in [2.75, 3.05) is 5.32 Å². The number of benzene rings is 1. The van der Waals surface area contributed by atoms with Crippen LogP contribution < -0.4 is 10.5 Å². The lowest BCUT2D eigenvalue weighted by Gasteiger charge is -2.09. The van der Waals surface area contributed by atoms with Crippen LogP contribution in [0.3, 0.4) is 0 Å². The Balaban J connectivity index is 2.28. The summed E-state index contributed by atoms with van der Waals surface area (Å²) in [4.78, 5) is 11.0. The van der Waals surface area contributed by atoms with Crippen LogP contribution in [-0.2, 0) is 16.6 Å². The molecule has 2 aromatic rings. The van der Waals surface area contributed by atoms with Gasteiger partial charge in [-0.15, -0.1) is 0 Å². The van der Waals surface area contributed by atoms with Crippen molar-refractivity contribution in [2.24, 2.45) is 5.14 Å². The smallest absolute Gasteiger partial charge is 0.337 e. The van der Waals surface area contributed by atoms with Crippen LogP contribution in [0, 0.1) is 6.92 Å². The largest absolute Gasteiger partial charge is 0.478 e. The summed E-state index contributed by atoms with van der Waals surface area (Å²) >= 11 is 0. The Hall–Kier alpha value is -2.32. The predicted molar refractivity (Wildman–Crippen MR) is 75.5 cm³/mol. The van der Waals surface area contributed by atoms with Crippen LogP contribution in [0.2, 0.25) is 0 Å². The molecule has 0 amide bonds. The second-order valence-electron chi connectivity index (χ2n) is 4.42. The maximum Gasteiger partial charge on any atom is 0.337 e. The number of hydrogen-bond donors (Lipinski definition) is 3. The normalized spacial score (nSPS) is 11.3. The molecular weight excluding hydrogens is 296 g/mol. The van der Waals surface area contributed by atoms with Crippen molar-refractivity contribution < 1.29 is 22.7 Å². The Bertz CT molecular complexity index is 780. The summed E-state index contributed by atoms with van der Waals surface area (Å²) in [7, 11) is -3.95. The van der Waals surface area contributed by atoms with Crippen molar-refractivity contribution in [3.63, 3.8) is 0 Å². The van der Waals surface area contributed by atoms with E-state index in [2.05, 4.69) is 5.32 Å². The van der Waals surface area contributed by atoms with Crippen LogP contribution >= 0.6 is 0 Å². The third-order valence-corrected chi connectivity index (χ3v) is 3.71. The molecule has 1 aromatic carbocycles. The summed E-state index contributed by atoms with van der Waals surface area (Å²) in [6, 6.07) is 7.19. The summed E-state index contributed by atoms with van der Waals surface area (Å²) in [6.45, 7) is 2.08. The van der Waals surface area contributed by atoms with Crippen molar-refractivity contribution in [3.8, 4) is 0 Å². The number of hydrogen-bond acceptors (Lipinski definition) is 5. The Kier molecular flexibility index (Phi) is 4.01. The fourth-order valence-corrected chi connectivity index (χ4v) is 2.33. The number of nitrogens with two attached hydrogens (primary N) is 1. The third kappa shape index (κ3) is 3.61. The highest BCUT2D eigenvalue weighted by molar-refractivity contribution is 7.89. The number of rotatable bonds is 5. The van der Waals surface area contributed by atoms with Gasteiger partial charge in [0.15, 0.2) is 0 Å². The van der Waals surface area contributed by atoms with E-state index in [0.29, 0.717) is 5.76 Å². The number of carboxylic acids is 1. The van der Waals surface area contributed by atoms with Crippen molar-refractivity contribution >= 4 is 21.7 Å². The molecule has 0 aliphatic rings. The minimum atomic E-state index is -3.95. The zero-order valence-corrected chi connectivity index (χ0v) is 12.0. The number of carboxylic acid groups (broad SMARTS) is 1. The molecule has 8 heteroatoms. The summed E-state index contributed by atoms with van der Waals surface area (Å²) in [5.74, 6) is 0.132. The highest BCUT2D eigenvalue weighted by atomic mass is 32.2. The van der Waals surface area contributed by atoms with Gasteiger partial charge in [-0.25, -0.2) is 18.4 Å². The summed E-state index contributed by atoms with van der Waals surface area (Å²) in [5.41, 5.74) is 0.105. The van der Waals surface area contributed by atoms with Gasteiger partial charge < -0.3 is 14.8 Å². The number of anilines is 1. The van der Waals surface area contributed by atoms with E-state index in [-0.39, 0.29) is 22.7 Å². The standard InChI is InChI=1S/C13H14N2O5S/c1-8-2-3-9(20-8)7-15-12-5-4-10(21(14,18)19)6-11(12)13(16)17/h2-6,15H,7H2,1H3,(H,16,17)(H2,14,18,19). The predicted octanol–water partition coefficient (Wildman–Crippen LogP) is 1.55. The van der Waals surface area contributed by atoms with Gasteiger partial charge in [0.2, 0.25) is 10.0 Å². The Morgan fingerprint density at radius 3 is 2.57 bits per heavy atom. The second-order valence-corrected chi connectivity index (χ2v) is 5.98. The van der Waals surface area contributed by atoms with E-state index in [4.69, 9.17) is 14.7 Å². The molecule has 0 saturated heterocycles. The second kappa shape index (κ2) is 5.58. The van der Waals surface area contributed by atoms with Crippen LogP contribution in [0.15, 0.2) is 39.6 Å². The fourth-order valence-electron chi connectivity index (χ4n) is 1.79. The zero-order chi connectivity index (χ0) is 15.6. The molecule has 0 atom stereocenters. The van der Waals surface area contributed by atoms with E-state index in [1.165, 1.54) is 12.1 Å². The number of furan rings is 1. The Morgan fingerprint density at radius 2 is 2.05 bits per heavy atom. The van der Waals surface area contributed by atoms with Gasteiger partial charge in [0.1, 0.15) is 11.5 Å². The molecule has 0 fully saturated rings. The highest BCUT2D eigenvalue weighted by Crippen LogP contribution is 2.21. The number of sulfonamides is 1. The molecule has 7 nitrogen and oxygen atoms in total. The molecule has 1 aromatic heterocycles. The first-order valence-corrected chi connectivity index (χ1v) is 7.51. The van der Waals surface area contributed by atoms with Gasteiger partial charge in [0, 0.05) is 5.69 Å². The number of carbonyl (C=O) groups is 1. The highest BCUT2D eigenvalue weighted by Gasteiger charge is 2.16. The number of primary sulfonamides is 1. The fraction of sp³-hybridized carbons (Fsp3) is 0.154. The lowest BCUT2D eigenvalue weighted by Crippen LogP contribution is -2.14. The molecule has 0 aliphatic heterocycles. The van der Waals surface area contributed by atoms with E-state index in [1.807, 2.05) is 0 Å². The molecule has 0 spiro atoms. The van der Waals surface area contributed by atoms with Crippen LogP contribution in [0.25, 0.3) is 0 Å². The molecule has 2 rings (SSSR count). The maximum atomic E-state index is 11.3. The van der Waals surface area contributed by atoms with Crippen molar-refractivity contribution in [1.82, 2.24) is 0 Å². The first-order chi connectivity index (χ1) is 9.77. The minimum Gasteiger partial charge on any atom is -0.478 e. The Labute approximate surface area is 121 Å². The molecule has 112 valence electrons. The van der Waals surface area contributed by atoms with Gasteiger partial charge in [0.25, 0.3) is 0 Å². The molecule has 4 N–H and O–H groups in total. The molecule has 0 unspecified atom stereocenters. The van der Waals surface area contributed by atoms with Crippen molar-refractivity contribution in [2.45, 2.75) is 18.4 Å². The van der Waals surface area contributed by atoms with E-state index in [0.717, 1.165) is 11.8 Å². The number of aromatic carboxylic acids is 1. The Morgan fingerprint density at radius 1 is 1.33 bits per heavy atom. The van der Waals surface area contributed by atoms with Gasteiger partial charge in [-0.1, -0.05) is 0 Å². The van der Waals surface area contributed by atoms with E-state index >= 15 is 0 Å². The SMILES string of the molecule is Cc1ccc(CNc2ccc(S(N)(=O)=O)cc2C(=O)O)o1. The quantitative estimate of drug-likeness (QED) is 0.770. The van der Waals surface area contributed by atoms with E-state index < -0.39 is 16.0 Å². The van der Waals surface area contributed by atoms with Crippen LogP contribution in [0.5, 0.6) is 0 Å². The zero-order valence-electron chi connectivity index (χ0n) is 11.2. The molecular formula is C13H14N2O5S. The summed E-state index contributed by atoms with van der Waals surface area (Å²) in [6.07, 6.45) is 0. The topological polar surface area (TPSA) is 123 Å². The molecule has 0 bridgehead atoms. The lowest BCUT2D eigenvalue weighted by molar-refractivity contribution is 0.0697. The molecule has 0 saturated carbocycles. The van der Waals surface area contributed by atoms with Gasteiger partial charge in [0.05, 0.1) is 17.0 Å². The van der Waals surface area contributed by atoms with Gasteiger partial charge >= 0.3 is 5.97 Å². The molecule has 1 heterocycles.